The lowest BCUT2D eigenvalue weighted by Crippen LogP contribution is -2.46. The van der Waals surface area contributed by atoms with E-state index in [1.807, 2.05) is 6.92 Å². The van der Waals surface area contributed by atoms with Gasteiger partial charge in [-0.3, -0.25) is 9.80 Å². The molecule has 0 aliphatic carbocycles. The Morgan fingerprint density at radius 3 is 2.52 bits per heavy atom. The summed E-state index contributed by atoms with van der Waals surface area (Å²) in [5.41, 5.74) is 1.41. The summed E-state index contributed by atoms with van der Waals surface area (Å²) in [5.74, 6) is 1.36. The van der Waals surface area contributed by atoms with Crippen LogP contribution in [0.5, 0.6) is 0 Å². The molecule has 1 fully saturated rings. The summed E-state index contributed by atoms with van der Waals surface area (Å²) in [5, 5.41) is 10.8. The molecule has 0 amide bonds. The van der Waals surface area contributed by atoms with E-state index in [4.69, 9.17) is 4.42 Å². The summed E-state index contributed by atoms with van der Waals surface area (Å²) in [6.45, 7) is 9.14. The molecule has 0 unspecified atom stereocenters. The number of aromatic nitrogens is 2. The lowest BCUT2D eigenvalue weighted by atomic mass is 10.0. The molecule has 0 radical (unpaired) electrons. The minimum Gasteiger partial charge on any atom is -0.424 e. The second-order valence-electron chi connectivity index (χ2n) is 6.79. The van der Waals surface area contributed by atoms with Gasteiger partial charge in [-0.1, -0.05) is 42.5 Å². The molecule has 5 nitrogen and oxygen atoms in total. The van der Waals surface area contributed by atoms with Crippen LogP contribution in [0, 0.1) is 6.92 Å². The minimum absolute atomic E-state index is 0.181. The second-order valence-corrected chi connectivity index (χ2v) is 6.79. The largest absolute Gasteiger partial charge is 0.424 e. The molecule has 4 rings (SSSR count). The van der Waals surface area contributed by atoms with Gasteiger partial charge in [-0.15, -0.1) is 10.2 Å². The zero-order valence-electron chi connectivity index (χ0n) is 14.9. The molecule has 2 heterocycles. The number of fused-ring (bicyclic) bond motifs is 1. The van der Waals surface area contributed by atoms with E-state index in [2.05, 4.69) is 69.4 Å². The Hall–Kier alpha value is -2.24. The smallest absolute Gasteiger partial charge is 0.233 e. The van der Waals surface area contributed by atoms with E-state index < -0.39 is 0 Å². The lowest BCUT2D eigenvalue weighted by molar-refractivity contribution is 0.0872. The number of piperazine rings is 1. The fourth-order valence-electron chi connectivity index (χ4n) is 3.62. The van der Waals surface area contributed by atoms with Gasteiger partial charge in [-0.25, -0.2) is 0 Å². The van der Waals surface area contributed by atoms with Crippen molar-refractivity contribution in [2.75, 3.05) is 26.2 Å². The Morgan fingerprint density at radius 2 is 1.76 bits per heavy atom. The number of benzene rings is 2. The van der Waals surface area contributed by atoms with Gasteiger partial charge in [-0.2, -0.15) is 0 Å². The summed E-state index contributed by atoms with van der Waals surface area (Å²) < 4.78 is 5.59. The van der Waals surface area contributed by atoms with Gasteiger partial charge in [0.05, 0.1) is 6.04 Å². The third kappa shape index (κ3) is 3.43. The first-order chi connectivity index (χ1) is 12.2. The molecule has 3 aromatic rings. The molecule has 5 heteroatoms. The van der Waals surface area contributed by atoms with Crippen LogP contribution in [0.2, 0.25) is 0 Å². The zero-order chi connectivity index (χ0) is 17.2. The highest BCUT2D eigenvalue weighted by molar-refractivity contribution is 5.85. The van der Waals surface area contributed by atoms with Crippen LogP contribution in [0.1, 0.15) is 30.3 Å². The Bertz CT molecular complexity index is 846. The normalized spacial score (nSPS) is 17.8. The van der Waals surface area contributed by atoms with Crippen molar-refractivity contribution in [3.05, 3.63) is 59.8 Å². The van der Waals surface area contributed by atoms with Crippen LogP contribution in [-0.4, -0.2) is 46.2 Å². The van der Waals surface area contributed by atoms with Gasteiger partial charge in [0.1, 0.15) is 0 Å². The number of hydrogen-bond acceptors (Lipinski definition) is 5. The molecule has 1 atom stereocenters. The third-order valence-electron chi connectivity index (χ3n) is 5.13. The van der Waals surface area contributed by atoms with Gasteiger partial charge in [-0.05, 0) is 23.3 Å². The monoisotopic (exact) mass is 336 g/mol. The molecule has 1 aliphatic heterocycles. The van der Waals surface area contributed by atoms with Crippen molar-refractivity contribution >= 4 is 10.8 Å². The first-order valence-corrected chi connectivity index (χ1v) is 8.94. The SMILES string of the molecule is Cc1nnc([C@H](C)N2CCN(Cc3cccc4ccccc34)CC2)o1. The van der Waals surface area contributed by atoms with Crippen LogP contribution in [0.25, 0.3) is 10.8 Å². The quantitative estimate of drug-likeness (QED) is 0.730. The molecule has 2 aromatic carbocycles. The highest BCUT2D eigenvalue weighted by Crippen LogP contribution is 2.23. The maximum atomic E-state index is 5.59. The first-order valence-electron chi connectivity index (χ1n) is 8.94. The van der Waals surface area contributed by atoms with Crippen LogP contribution >= 0.6 is 0 Å². The molecular formula is C20H24N4O. The van der Waals surface area contributed by atoms with Crippen molar-refractivity contribution in [1.82, 2.24) is 20.0 Å². The lowest BCUT2D eigenvalue weighted by Gasteiger charge is -2.37. The maximum Gasteiger partial charge on any atom is 0.233 e. The second kappa shape index (κ2) is 6.94. The Balaban J connectivity index is 1.40. The van der Waals surface area contributed by atoms with Crippen molar-refractivity contribution in [2.45, 2.75) is 26.4 Å². The summed E-state index contributed by atoms with van der Waals surface area (Å²) in [6, 6.07) is 15.4. The Kier molecular flexibility index (Phi) is 4.51. The van der Waals surface area contributed by atoms with Crippen molar-refractivity contribution < 1.29 is 4.42 Å². The average Bonchev–Trinajstić information content (AvgIpc) is 3.08. The van der Waals surface area contributed by atoms with Crippen molar-refractivity contribution in [1.29, 1.82) is 0 Å². The van der Waals surface area contributed by atoms with Crippen LogP contribution in [0.4, 0.5) is 0 Å². The van der Waals surface area contributed by atoms with E-state index in [0.717, 1.165) is 38.6 Å². The maximum absolute atomic E-state index is 5.59. The molecule has 0 saturated carbocycles. The van der Waals surface area contributed by atoms with Crippen LogP contribution in [-0.2, 0) is 6.54 Å². The topological polar surface area (TPSA) is 45.4 Å². The fraction of sp³-hybridized carbons (Fsp3) is 0.400. The summed E-state index contributed by atoms with van der Waals surface area (Å²) in [7, 11) is 0. The van der Waals surface area contributed by atoms with E-state index in [0.29, 0.717) is 5.89 Å². The van der Waals surface area contributed by atoms with Gasteiger partial charge in [0.25, 0.3) is 0 Å². The van der Waals surface area contributed by atoms with Crippen LogP contribution in [0.3, 0.4) is 0 Å². The number of rotatable bonds is 4. The number of nitrogens with zero attached hydrogens (tertiary/aromatic N) is 4. The van der Waals surface area contributed by atoms with Gasteiger partial charge < -0.3 is 4.42 Å². The molecule has 0 N–H and O–H groups in total. The molecule has 0 bridgehead atoms. The predicted octanol–water partition coefficient (Wildman–Crippen LogP) is 3.41. The molecule has 0 spiro atoms. The molecular weight excluding hydrogens is 312 g/mol. The van der Waals surface area contributed by atoms with Gasteiger partial charge in [0.15, 0.2) is 0 Å². The van der Waals surface area contributed by atoms with Gasteiger partial charge >= 0.3 is 0 Å². The number of hydrogen-bond donors (Lipinski definition) is 0. The average molecular weight is 336 g/mol. The first kappa shape index (κ1) is 16.2. The summed E-state index contributed by atoms with van der Waals surface area (Å²) in [6.07, 6.45) is 0. The highest BCUT2D eigenvalue weighted by Gasteiger charge is 2.25. The van der Waals surface area contributed by atoms with Gasteiger partial charge in [0.2, 0.25) is 11.8 Å². The van der Waals surface area contributed by atoms with Crippen molar-refractivity contribution in [2.24, 2.45) is 0 Å². The highest BCUT2D eigenvalue weighted by atomic mass is 16.4. The fourth-order valence-corrected chi connectivity index (χ4v) is 3.62. The van der Waals surface area contributed by atoms with Crippen LogP contribution < -0.4 is 0 Å². The Morgan fingerprint density at radius 1 is 1.00 bits per heavy atom. The van der Waals surface area contributed by atoms with E-state index in [-0.39, 0.29) is 6.04 Å². The van der Waals surface area contributed by atoms with E-state index in [9.17, 15) is 0 Å². The van der Waals surface area contributed by atoms with Crippen molar-refractivity contribution in [3.63, 3.8) is 0 Å². The third-order valence-corrected chi connectivity index (χ3v) is 5.13. The molecule has 1 aliphatic rings. The Labute approximate surface area is 148 Å². The minimum atomic E-state index is 0.181. The predicted molar refractivity (Wildman–Crippen MR) is 98.2 cm³/mol. The van der Waals surface area contributed by atoms with Crippen molar-refractivity contribution in [3.8, 4) is 0 Å². The van der Waals surface area contributed by atoms with E-state index in [1.165, 1.54) is 16.3 Å². The molecule has 1 aromatic heterocycles. The van der Waals surface area contributed by atoms with Gasteiger partial charge in [0, 0.05) is 39.6 Å². The standard InChI is InChI=1S/C20H24N4O/c1-15(20-22-21-16(2)25-20)24-12-10-23(11-13-24)14-18-8-5-7-17-6-3-4-9-19(17)18/h3-9,15H,10-14H2,1-2H3/t15-/m0/s1. The zero-order valence-corrected chi connectivity index (χ0v) is 14.9. The van der Waals surface area contributed by atoms with E-state index >= 15 is 0 Å². The number of aryl methyl sites for hydroxylation is 1. The van der Waals surface area contributed by atoms with E-state index in [1.54, 1.807) is 0 Å². The van der Waals surface area contributed by atoms with Crippen LogP contribution in [0.15, 0.2) is 46.9 Å². The summed E-state index contributed by atoms with van der Waals surface area (Å²) >= 11 is 0. The molecule has 1 saturated heterocycles. The molecule has 25 heavy (non-hydrogen) atoms. The summed E-state index contributed by atoms with van der Waals surface area (Å²) in [4.78, 5) is 4.95. The molecule has 130 valence electrons.